The number of phenols is 1. The Morgan fingerprint density at radius 2 is 1.92 bits per heavy atom. The van der Waals surface area contributed by atoms with Gasteiger partial charge in [0.05, 0.1) is 18.2 Å². The molecule has 1 aliphatic carbocycles. The average molecular weight is 337 g/mol. The van der Waals surface area contributed by atoms with E-state index in [1.54, 1.807) is 32.9 Å². The number of aliphatic carboxylic acids is 1. The van der Waals surface area contributed by atoms with Gasteiger partial charge < -0.3 is 19.7 Å². The molecule has 0 unspecified atom stereocenters. The van der Waals surface area contributed by atoms with Crippen molar-refractivity contribution >= 4 is 17.7 Å². The van der Waals surface area contributed by atoms with Gasteiger partial charge in [-0.25, -0.2) is 4.79 Å². The van der Waals surface area contributed by atoms with Gasteiger partial charge in [0, 0.05) is 0 Å². The van der Waals surface area contributed by atoms with Crippen molar-refractivity contribution in [3.05, 3.63) is 17.7 Å². The summed E-state index contributed by atoms with van der Waals surface area (Å²) in [6.07, 6.45) is 0.819. The number of hydrogen-bond acceptors (Lipinski definition) is 5. The Labute approximate surface area is 140 Å². The molecule has 1 saturated carbocycles. The van der Waals surface area contributed by atoms with E-state index in [-0.39, 0.29) is 17.2 Å². The molecule has 1 fully saturated rings. The maximum atomic E-state index is 11.9. The topological polar surface area (TPSA) is 105 Å². The van der Waals surface area contributed by atoms with Gasteiger partial charge in [-0.3, -0.25) is 10.1 Å². The molecule has 0 spiro atoms. The quantitative estimate of drug-likeness (QED) is 0.713. The van der Waals surface area contributed by atoms with Crippen molar-refractivity contribution in [1.82, 2.24) is 0 Å². The second-order valence-electron chi connectivity index (χ2n) is 7.08. The summed E-state index contributed by atoms with van der Waals surface area (Å²) in [6, 6.07) is 3.13. The molecule has 7 nitrogen and oxygen atoms in total. The van der Waals surface area contributed by atoms with Crippen molar-refractivity contribution in [2.24, 2.45) is 5.41 Å². The lowest BCUT2D eigenvalue weighted by Gasteiger charge is -2.20. The number of carboxylic acids is 1. The number of carbonyl (C=O) groups is 2. The SMILES string of the molecule is COc1cc(CC2(C(=O)O)CC2)cc(NC(=O)OC(C)(C)C)c1O. The first-order valence-corrected chi connectivity index (χ1v) is 7.69. The van der Waals surface area contributed by atoms with Crippen LogP contribution in [0.2, 0.25) is 0 Å². The van der Waals surface area contributed by atoms with E-state index in [9.17, 15) is 19.8 Å². The third kappa shape index (κ3) is 4.10. The average Bonchev–Trinajstić information content (AvgIpc) is 3.21. The van der Waals surface area contributed by atoms with Gasteiger partial charge in [0.2, 0.25) is 0 Å². The van der Waals surface area contributed by atoms with Crippen LogP contribution in [0.15, 0.2) is 12.1 Å². The second-order valence-corrected chi connectivity index (χ2v) is 7.08. The largest absolute Gasteiger partial charge is 0.503 e. The summed E-state index contributed by atoms with van der Waals surface area (Å²) in [5.74, 6) is -0.900. The first kappa shape index (κ1) is 17.9. The van der Waals surface area contributed by atoms with Crippen molar-refractivity contribution < 1.29 is 29.3 Å². The highest BCUT2D eigenvalue weighted by atomic mass is 16.6. The zero-order valence-electron chi connectivity index (χ0n) is 14.3. The zero-order valence-corrected chi connectivity index (χ0v) is 14.3. The van der Waals surface area contributed by atoms with Crippen LogP contribution < -0.4 is 10.1 Å². The fourth-order valence-corrected chi connectivity index (χ4v) is 2.44. The van der Waals surface area contributed by atoms with Crippen LogP contribution in [-0.2, 0) is 16.0 Å². The van der Waals surface area contributed by atoms with Gasteiger partial charge in [-0.15, -0.1) is 0 Å². The van der Waals surface area contributed by atoms with Gasteiger partial charge in [-0.1, -0.05) is 0 Å². The van der Waals surface area contributed by atoms with Gasteiger partial charge in [-0.05, 0) is 57.7 Å². The van der Waals surface area contributed by atoms with Crippen LogP contribution in [0, 0.1) is 5.41 Å². The Morgan fingerprint density at radius 1 is 1.29 bits per heavy atom. The van der Waals surface area contributed by atoms with Crippen LogP contribution in [0.1, 0.15) is 39.2 Å². The van der Waals surface area contributed by atoms with Crippen LogP contribution in [0.3, 0.4) is 0 Å². The number of rotatable bonds is 5. The van der Waals surface area contributed by atoms with E-state index in [0.29, 0.717) is 24.8 Å². The number of amides is 1. The molecule has 0 radical (unpaired) electrons. The molecule has 3 N–H and O–H groups in total. The molecule has 1 aromatic rings. The summed E-state index contributed by atoms with van der Waals surface area (Å²) in [6.45, 7) is 5.19. The van der Waals surface area contributed by atoms with Crippen molar-refractivity contribution in [2.45, 2.75) is 45.6 Å². The molecule has 7 heteroatoms. The standard InChI is InChI=1S/C17H23NO6/c1-16(2,3)24-15(22)18-11-7-10(8-12(23-4)13(11)19)9-17(5-6-17)14(20)21/h7-8,19H,5-6,9H2,1-4H3,(H,18,22)(H,20,21). The maximum Gasteiger partial charge on any atom is 0.412 e. The number of methoxy groups -OCH3 is 1. The Hall–Kier alpha value is -2.44. The van der Waals surface area contributed by atoms with Crippen LogP contribution in [0.5, 0.6) is 11.5 Å². The summed E-state index contributed by atoms with van der Waals surface area (Å²) < 4.78 is 10.3. The Balaban J connectivity index is 2.25. The number of phenolic OH excluding ortho intramolecular Hbond substituents is 1. The number of nitrogens with one attached hydrogen (secondary N) is 1. The summed E-state index contributed by atoms with van der Waals surface area (Å²) >= 11 is 0. The van der Waals surface area contributed by atoms with E-state index in [2.05, 4.69) is 5.32 Å². The smallest absolute Gasteiger partial charge is 0.412 e. The number of anilines is 1. The molecular formula is C17H23NO6. The van der Waals surface area contributed by atoms with E-state index in [4.69, 9.17) is 9.47 Å². The Morgan fingerprint density at radius 3 is 2.38 bits per heavy atom. The molecule has 132 valence electrons. The molecule has 0 bridgehead atoms. The molecule has 24 heavy (non-hydrogen) atoms. The van der Waals surface area contributed by atoms with Crippen molar-refractivity contribution in [1.29, 1.82) is 0 Å². The maximum absolute atomic E-state index is 11.9. The van der Waals surface area contributed by atoms with Gasteiger partial charge in [0.1, 0.15) is 5.60 Å². The minimum Gasteiger partial charge on any atom is -0.503 e. The zero-order chi connectivity index (χ0) is 18.1. The second kappa shape index (κ2) is 6.22. The van der Waals surface area contributed by atoms with Gasteiger partial charge in [-0.2, -0.15) is 0 Å². The molecule has 1 amide bonds. The fourth-order valence-electron chi connectivity index (χ4n) is 2.44. The molecule has 0 saturated heterocycles. The number of ether oxygens (including phenoxy) is 2. The highest BCUT2D eigenvalue weighted by molar-refractivity contribution is 5.88. The molecule has 0 aromatic heterocycles. The molecule has 0 heterocycles. The summed E-state index contributed by atoms with van der Waals surface area (Å²) in [5.41, 5.74) is -0.649. The molecule has 0 atom stereocenters. The molecule has 2 rings (SSSR count). The third-order valence-corrected chi connectivity index (χ3v) is 3.84. The highest BCUT2D eigenvalue weighted by Crippen LogP contribution is 2.49. The Bertz CT molecular complexity index is 658. The number of carboxylic acid groups (broad SMARTS) is 1. The molecule has 0 aliphatic heterocycles. The Kier molecular flexibility index (Phi) is 4.64. The van der Waals surface area contributed by atoms with E-state index in [1.807, 2.05) is 0 Å². The summed E-state index contributed by atoms with van der Waals surface area (Å²) in [4.78, 5) is 23.3. The monoisotopic (exact) mass is 337 g/mol. The highest BCUT2D eigenvalue weighted by Gasteiger charge is 2.50. The van der Waals surface area contributed by atoms with Gasteiger partial charge in [0.15, 0.2) is 11.5 Å². The fraction of sp³-hybridized carbons (Fsp3) is 0.529. The predicted octanol–water partition coefficient (Wildman–Crippen LogP) is 3.16. The molecular weight excluding hydrogens is 314 g/mol. The number of aromatic hydroxyl groups is 1. The van der Waals surface area contributed by atoms with E-state index < -0.39 is 23.1 Å². The number of benzene rings is 1. The van der Waals surface area contributed by atoms with Gasteiger partial charge >= 0.3 is 12.1 Å². The van der Waals surface area contributed by atoms with E-state index >= 15 is 0 Å². The van der Waals surface area contributed by atoms with Crippen molar-refractivity contribution in [3.8, 4) is 11.5 Å². The normalized spacial score (nSPS) is 15.5. The third-order valence-electron chi connectivity index (χ3n) is 3.84. The minimum atomic E-state index is -0.837. The lowest BCUT2D eigenvalue weighted by Crippen LogP contribution is -2.27. The van der Waals surface area contributed by atoms with Gasteiger partial charge in [0.25, 0.3) is 0 Å². The van der Waals surface area contributed by atoms with Crippen LogP contribution in [0.4, 0.5) is 10.5 Å². The molecule has 1 aromatic carbocycles. The van der Waals surface area contributed by atoms with Crippen LogP contribution in [0.25, 0.3) is 0 Å². The van der Waals surface area contributed by atoms with E-state index in [0.717, 1.165) is 0 Å². The summed E-state index contributed by atoms with van der Waals surface area (Å²) in [5, 5.41) is 22.0. The molecule has 1 aliphatic rings. The first-order valence-electron chi connectivity index (χ1n) is 7.69. The minimum absolute atomic E-state index is 0.125. The predicted molar refractivity (Wildman–Crippen MR) is 87.5 cm³/mol. The lowest BCUT2D eigenvalue weighted by atomic mass is 9.96. The van der Waals surface area contributed by atoms with Crippen LogP contribution in [-0.4, -0.2) is 35.0 Å². The number of hydrogen-bond donors (Lipinski definition) is 3. The van der Waals surface area contributed by atoms with Crippen LogP contribution >= 0.6 is 0 Å². The van der Waals surface area contributed by atoms with E-state index in [1.165, 1.54) is 7.11 Å². The van der Waals surface area contributed by atoms with Crippen molar-refractivity contribution in [2.75, 3.05) is 12.4 Å². The first-order chi connectivity index (χ1) is 11.1. The van der Waals surface area contributed by atoms with Crippen molar-refractivity contribution in [3.63, 3.8) is 0 Å². The lowest BCUT2D eigenvalue weighted by molar-refractivity contribution is -0.143. The number of carbonyl (C=O) groups excluding carboxylic acids is 1. The summed E-state index contributed by atoms with van der Waals surface area (Å²) in [7, 11) is 1.39.